The van der Waals surface area contributed by atoms with E-state index >= 15 is 0 Å². The van der Waals surface area contributed by atoms with Crippen LogP contribution in [0.5, 0.6) is 5.75 Å². The van der Waals surface area contributed by atoms with Crippen LogP contribution in [0.4, 0.5) is 17.1 Å². The number of aromatic nitrogens is 4. The minimum atomic E-state index is 0.653. The molecule has 0 spiro atoms. The van der Waals surface area contributed by atoms with Crippen molar-refractivity contribution in [2.75, 3.05) is 11.5 Å². The first-order valence-corrected chi connectivity index (χ1v) is 17.2. The lowest BCUT2D eigenvalue weighted by molar-refractivity contribution is 0.176. The third kappa shape index (κ3) is 7.38. The maximum absolute atomic E-state index is 6.60. The highest BCUT2D eigenvalue weighted by Crippen LogP contribution is 2.40. The number of hydrogen-bond acceptors (Lipinski definition) is 4. The molecule has 0 aliphatic heterocycles. The fourth-order valence-electron chi connectivity index (χ4n) is 6.96. The molecule has 0 N–H and O–H groups in total. The molecule has 0 unspecified atom stereocenters. The molecule has 1 aliphatic carbocycles. The molecular weight excluding hydrogens is 566 g/mol. The maximum atomic E-state index is 6.60. The van der Waals surface area contributed by atoms with E-state index in [9.17, 15) is 0 Å². The van der Waals surface area contributed by atoms with E-state index in [-0.39, 0.29) is 0 Å². The summed E-state index contributed by atoms with van der Waals surface area (Å²) in [7, 11) is 0. The third-order valence-electron chi connectivity index (χ3n) is 9.48. The van der Waals surface area contributed by atoms with Crippen molar-refractivity contribution >= 4 is 17.1 Å². The topological polar surface area (TPSA) is 48.1 Å². The van der Waals surface area contributed by atoms with Gasteiger partial charge in [0, 0.05) is 29.5 Å². The van der Waals surface area contributed by atoms with Crippen LogP contribution in [-0.2, 0) is 0 Å². The zero-order valence-corrected chi connectivity index (χ0v) is 28.2. The van der Waals surface area contributed by atoms with Crippen LogP contribution in [0.25, 0.3) is 11.4 Å². The summed E-state index contributed by atoms with van der Waals surface area (Å²) >= 11 is 0. The Hall–Kier alpha value is -4.32. The SMILES string of the molecule is CCCCCC1CCC(COc2c(C)cc(N(c3cccc(-n4cc(C)cn4)c3)c3cccc(-n4cc(C)cn4)c3)cc2C)CC1. The first-order chi connectivity index (χ1) is 22.4. The number of ether oxygens (including phenoxy) is 1. The van der Waals surface area contributed by atoms with Crippen molar-refractivity contribution in [2.24, 2.45) is 11.8 Å². The van der Waals surface area contributed by atoms with Gasteiger partial charge < -0.3 is 9.64 Å². The average molecular weight is 616 g/mol. The van der Waals surface area contributed by atoms with Crippen molar-refractivity contribution in [3.63, 3.8) is 0 Å². The maximum Gasteiger partial charge on any atom is 0.125 e. The molecule has 6 rings (SSSR count). The quantitative estimate of drug-likeness (QED) is 0.131. The van der Waals surface area contributed by atoms with Crippen molar-refractivity contribution in [1.82, 2.24) is 19.6 Å². The number of nitrogens with zero attached hydrogens (tertiary/aromatic N) is 5. The number of aryl methyl sites for hydroxylation is 4. The van der Waals surface area contributed by atoms with E-state index < -0.39 is 0 Å². The highest BCUT2D eigenvalue weighted by molar-refractivity contribution is 5.79. The highest BCUT2D eigenvalue weighted by Gasteiger charge is 2.23. The fraction of sp³-hybridized carbons (Fsp3) is 0.400. The molecule has 46 heavy (non-hydrogen) atoms. The van der Waals surface area contributed by atoms with Gasteiger partial charge in [-0.25, -0.2) is 9.36 Å². The van der Waals surface area contributed by atoms with Gasteiger partial charge in [0.2, 0.25) is 0 Å². The van der Waals surface area contributed by atoms with Crippen LogP contribution < -0.4 is 9.64 Å². The Morgan fingerprint density at radius 2 is 1.24 bits per heavy atom. The first kappa shape index (κ1) is 31.7. The van der Waals surface area contributed by atoms with E-state index in [0.29, 0.717) is 5.92 Å². The summed E-state index contributed by atoms with van der Waals surface area (Å²) in [5.41, 5.74) is 9.82. The molecule has 3 aromatic carbocycles. The molecular formula is C40H49N5O. The molecule has 0 atom stereocenters. The molecule has 240 valence electrons. The highest BCUT2D eigenvalue weighted by atomic mass is 16.5. The normalized spacial score (nSPS) is 16.5. The number of benzene rings is 3. The fourth-order valence-corrected chi connectivity index (χ4v) is 6.96. The Kier molecular flexibility index (Phi) is 9.91. The summed E-state index contributed by atoms with van der Waals surface area (Å²) in [5, 5.41) is 9.15. The van der Waals surface area contributed by atoms with E-state index in [0.717, 1.165) is 69.0 Å². The van der Waals surface area contributed by atoms with Gasteiger partial charge >= 0.3 is 0 Å². The number of anilines is 3. The smallest absolute Gasteiger partial charge is 0.125 e. The van der Waals surface area contributed by atoms with Crippen molar-refractivity contribution in [3.8, 4) is 17.1 Å². The van der Waals surface area contributed by atoms with E-state index in [1.165, 1.54) is 51.4 Å². The third-order valence-corrected chi connectivity index (χ3v) is 9.48. The van der Waals surface area contributed by atoms with Crippen LogP contribution in [0.3, 0.4) is 0 Å². The lowest BCUT2D eigenvalue weighted by Gasteiger charge is -2.30. The van der Waals surface area contributed by atoms with E-state index in [4.69, 9.17) is 4.74 Å². The molecule has 2 heterocycles. The Morgan fingerprint density at radius 1 is 0.696 bits per heavy atom. The Balaban J connectivity index is 1.28. The molecule has 2 aromatic heterocycles. The number of rotatable bonds is 12. The summed E-state index contributed by atoms with van der Waals surface area (Å²) in [5.74, 6) is 2.60. The molecule has 5 aromatic rings. The molecule has 6 heteroatoms. The molecule has 1 saturated carbocycles. The van der Waals surface area contributed by atoms with Crippen molar-refractivity contribution < 1.29 is 4.74 Å². The average Bonchev–Trinajstić information content (AvgIpc) is 3.70. The second kappa shape index (κ2) is 14.4. The zero-order chi connectivity index (χ0) is 32.0. The molecule has 0 bridgehead atoms. The van der Waals surface area contributed by atoms with Crippen molar-refractivity contribution in [2.45, 2.75) is 86.0 Å². The van der Waals surface area contributed by atoms with Gasteiger partial charge in [-0.05, 0) is 123 Å². The van der Waals surface area contributed by atoms with E-state index in [1.54, 1.807) is 0 Å². The second-order valence-corrected chi connectivity index (χ2v) is 13.4. The van der Waals surface area contributed by atoms with Crippen molar-refractivity contribution in [3.05, 3.63) is 108 Å². The molecule has 6 nitrogen and oxygen atoms in total. The number of hydrogen-bond donors (Lipinski definition) is 0. The molecule has 0 saturated heterocycles. The van der Waals surface area contributed by atoms with Gasteiger partial charge in [0.05, 0.1) is 30.4 Å². The van der Waals surface area contributed by atoms with Gasteiger partial charge in [0.15, 0.2) is 0 Å². The van der Waals surface area contributed by atoms with Crippen LogP contribution >= 0.6 is 0 Å². The number of unbranched alkanes of at least 4 members (excludes halogenated alkanes) is 2. The minimum absolute atomic E-state index is 0.653. The Labute approximate surface area is 275 Å². The predicted octanol–water partition coefficient (Wildman–Crippen LogP) is 10.5. The van der Waals surface area contributed by atoms with Crippen LogP contribution in [0.2, 0.25) is 0 Å². The van der Waals surface area contributed by atoms with Crippen LogP contribution in [0, 0.1) is 39.5 Å². The van der Waals surface area contributed by atoms with Gasteiger partial charge in [-0.2, -0.15) is 10.2 Å². The van der Waals surface area contributed by atoms with Gasteiger partial charge in [0.1, 0.15) is 5.75 Å². The predicted molar refractivity (Wildman–Crippen MR) is 189 cm³/mol. The summed E-state index contributed by atoms with van der Waals surface area (Å²) in [4.78, 5) is 2.32. The van der Waals surface area contributed by atoms with E-state index in [2.05, 4.69) is 123 Å². The van der Waals surface area contributed by atoms with Gasteiger partial charge in [-0.15, -0.1) is 0 Å². The summed E-state index contributed by atoms with van der Waals surface area (Å²) < 4.78 is 10.5. The monoisotopic (exact) mass is 615 g/mol. The van der Waals surface area contributed by atoms with Gasteiger partial charge in [0.25, 0.3) is 0 Å². The summed E-state index contributed by atoms with van der Waals surface area (Å²) in [6.07, 6.45) is 18.7. The summed E-state index contributed by atoms with van der Waals surface area (Å²) in [6, 6.07) is 21.7. The largest absolute Gasteiger partial charge is 0.493 e. The summed E-state index contributed by atoms with van der Waals surface area (Å²) in [6.45, 7) is 11.6. The molecule has 1 fully saturated rings. The van der Waals surface area contributed by atoms with Crippen LogP contribution in [-0.4, -0.2) is 26.2 Å². The molecule has 1 aliphatic rings. The van der Waals surface area contributed by atoms with Crippen LogP contribution in [0.15, 0.2) is 85.5 Å². The van der Waals surface area contributed by atoms with E-state index in [1.807, 2.05) is 21.8 Å². The zero-order valence-electron chi connectivity index (χ0n) is 28.2. The van der Waals surface area contributed by atoms with Gasteiger partial charge in [-0.1, -0.05) is 57.6 Å². The second-order valence-electron chi connectivity index (χ2n) is 13.4. The standard InChI is InChI=1S/C40H49N5O/c1-6-7-8-11-33-16-18-34(19-17-33)28-46-40-31(4)20-39(21-32(40)5)45(37-14-9-12-35(22-37)43-26-29(2)24-41-43)38-15-10-13-36(23-38)44-27-30(3)25-42-44/h9-10,12-15,20-27,33-34H,6-8,11,16-19,28H2,1-5H3. The Bertz CT molecular complexity index is 1640. The molecule has 0 radical (unpaired) electrons. The first-order valence-electron chi connectivity index (χ1n) is 17.2. The van der Waals surface area contributed by atoms with Crippen molar-refractivity contribution in [1.29, 1.82) is 0 Å². The van der Waals surface area contributed by atoms with Crippen LogP contribution in [0.1, 0.15) is 80.5 Å². The van der Waals surface area contributed by atoms with Gasteiger partial charge in [-0.3, -0.25) is 0 Å². The lowest BCUT2D eigenvalue weighted by atomic mass is 9.80. The minimum Gasteiger partial charge on any atom is -0.493 e. The Morgan fingerprint density at radius 3 is 1.74 bits per heavy atom. The molecule has 0 amide bonds. The lowest BCUT2D eigenvalue weighted by Crippen LogP contribution is -2.20.